The summed E-state index contributed by atoms with van der Waals surface area (Å²) in [6.07, 6.45) is -4.18. The van der Waals surface area contributed by atoms with Crippen LogP contribution in [0.1, 0.15) is 18.9 Å². The maximum absolute atomic E-state index is 12.7. The molecule has 0 amide bonds. The number of hydrazine groups is 1. The number of alkyl halides is 3. The van der Waals surface area contributed by atoms with E-state index in [0.717, 1.165) is 12.1 Å². The standard InChI is InChI=1S/C12H19F3N4O2/c1-11(20,3-4-21-2)7-17-9-5-8(12(13,14)15)6-10(18-9)19-16/h5-6,20H,3-4,7,16H2,1-2H3,(H2,17,18,19). The van der Waals surface area contributed by atoms with Gasteiger partial charge in [-0.3, -0.25) is 0 Å². The van der Waals surface area contributed by atoms with Gasteiger partial charge in [-0.2, -0.15) is 13.2 Å². The summed E-state index contributed by atoms with van der Waals surface area (Å²) < 4.78 is 43.1. The van der Waals surface area contributed by atoms with Crippen molar-refractivity contribution in [1.82, 2.24) is 4.98 Å². The molecule has 0 fully saturated rings. The molecule has 1 aromatic heterocycles. The monoisotopic (exact) mass is 308 g/mol. The van der Waals surface area contributed by atoms with E-state index in [2.05, 4.69) is 15.7 Å². The van der Waals surface area contributed by atoms with Gasteiger partial charge in [0, 0.05) is 26.7 Å². The summed E-state index contributed by atoms with van der Waals surface area (Å²) in [5.41, 5.74) is 0.0563. The molecule has 0 bridgehead atoms. The number of nitrogens with two attached hydrogens (primary N) is 1. The Kier molecular flexibility index (Phi) is 5.76. The quantitative estimate of drug-likeness (QED) is 0.451. The lowest BCUT2D eigenvalue weighted by atomic mass is 10.0. The number of ether oxygens (including phenoxy) is 1. The lowest BCUT2D eigenvalue weighted by Gasteiger charge is -2.24. The number of nitrogens with zero attached hydrogens (tertiary/aromatic N) is 1. The zero-order valence-electron chi connectivity index (χ0n) is 11.8. The highest BCUT2D eigenvalue weighted by Gasteiger charge is 2.32. The van der Waals surface area contributed by atoms with Gasteiger partial charge in [0.2, 0.25) is 0 Å². The van der Waals surface area contributed by atoms with Crippen LogP contribution in [0, 0.1) is 0 Å². The molecule has 0 radical (unpaired) electrons. The van der Waals surface area contributed by atoms with Gasteiger partial charge in [0.25, 0.3) is 0 Å². The van der Waals surface area contributed by atoms with E-state index in [1.165, 1.54) is 7.11 Å². The lowest BCUT2D eigenvalue weighted by Crippen LogP contribution is -2.35. The number of pyridine rings is 1. The van der Waals surface area contributed by atoms with E-state index in [-0.39, 0.29) is 18.2 Å². The van der Waals surface area contributed by atoms with Crippen LogP contribution in [0.5, 0.6) is 0 Å². The number of anilines is 2. The van der Waals surface area contributed by atoms with E-state index in [1.54, 1.807) is 6.92 Å². The molecule has 1 atom stereocenters. The smallest absolute Gasteiger partial charge is 0.388 e. The molecule has 1 heterocycles. The van der Waals surface area contributed by atoms with Gasteiger partial charge in [-0.15, -0.1) is 0 Å². The number of hydrogen-bond acceptors (Lipinski definition) is 6. The van der Waals surface area contributed by atoms with Crippen molar-refractivity contribution in [2.24, 2.45) is 5.84 Å². The Morgan fingerprint density at radius 1 is 1.33 bits per heavy atom. The lowest BCUT2D eigenvalue weighted by molar-refractivity contribution is -0.137. The first-order valence-corrected chi connectivity index (χ1v) is 6.19. The van der Waals surface area contributed by atoms with Crippen LogP contribution in [-0.4, -0.2) is 36.0 Å². The van der Waals surface area contributed by atoms with Gasteiger partial charge in [0.05, 0.1) is 11.2 Å². The molecule has 6 nitrogen and oxygen atoms in total. The fraction of sp³-hybridized carbons (Fsp3) is 0.583. The van der Waals surface area contributed by atoms with Crippen LogP contribution in [0.3, 0.4) is 0 Å². The third-order valence-corrected chi connectivity index (χ3v) is 2.80. The number of nitrogens with one attached hydrogen (secondary N) is 2. The predicted molar refractivity (Wildman–Crippen MR) is 72.7 cm³/mol. The Morgan fingerprint density at radius 2 is 1.95 bits per heavy atom. The first-order chi connectivity index (χ1) is 9.68. The van der Waals surface area contributed by atoms with Crippen LogP contribution in [0.25, 0.3) is 0 Å². The number of halogens is 3. The third-order valence-electron chi connectivity index (χ3n) is 2.80. The maximum Gasteiger partial charge on any atom is 0.416 e. The molecule has 9 heteroatoms. The van der Waals surface area contributed by atoms with Crippen LogP contribution in [0.4, 0.5) is 24.8 Å². The van der Waals surface area contributed by atoms with Crippen molar-refractivity contribution >= 4 is 11.6 Å². The summed E-state index contributed by atoms with van der Waals surface area (Å²) in [5, 5.41) is 12.7. The maximum atomic E-state index is 12.7. The molecule has 0 spiro atoms. The molecule has 0 saturated heterocycles. The van der Waals surface area contributed by atoms with E-state index in [9.17, 15) is 18.3 Å². The normalized spacial score (nSPS) is 14.6. The summed E-state index contributed by atoms with van der Waals surface area (Å²) in [5.74, 6) is 4.95. The summed E-state index contributed by atoms with van der Waals surface area (Å²) >= 11 is 0. The van der Waals surface area contributed by atoms with Crippen LogP contribution < -0.4 is 16.6 Å². The first kappa shape index (κ1) is 17.5. The van der Waals surface area contributed by atoms with E-state index in [1.807, 2.05) is 0 Å². The van der Waals surface area contributed by atoms with Crippen molar-refractivity contribution < 1.29 is 23.0 Å². The second-order valence-electron chi connectivity index (χ2n) is 4.86. The van der Waals surface area contributed by atoms with Crippen LogP contribution in [0.15, 0.2) is 12.1 Å². The van der Waals surface area contributed by atoms with Crippen molar-refractivity contribution in [2.75, 3.05) is 31.0 Å². The first-order valence-electron chi connectivity index (χ1n) is 6.19. The van der Waals surface area contributed by atoms with Crippen molar-refractivity contribution in [3.8, 4) is 0 Å². The summed E-state index contributed by atoms with van der Waals surface area (Å²) in [4.78, 5) is 3.86. The SMILES string of the molecule is COCCC(C)(O)CNc1cc(C(F)(F)F)cc(NN)n1. The van der Waals surface area contributed by atoms with Crippen LogP contribution in [0.2, 0.25) is 0 Å². The zero-order chi connectivity index (χ0) is 16.1. The van der Waals surface area contributed by atoms with Crippen molar-refractivity contribution in [3.05, 3.63) is 17.7 Å². The van der Waals surface area contributed by atoms with Crippen molar-refractivity contribution in [2.45, 2.75) is 25.1 Å². The van der Waals surface area contributed by atoms with Gasteiger partial charge >= 0.3 is 6.18 Å². The van der Waals surface area contributed by atoms with E-state index in [0.29, 0.717) is 13.0 Å². The minimum absolute atomic E-state index is 0.0225. The van der Waals surface area contributed by atoms with Crippen molar-refractivity contribution in [3.63, 3.8) is 0 Å². The molecular weight excluding hydrogens is 289 g/mol. The Bertz CT molecular complexity index is 466. The predicted octanol–water partition coefficient (Wildman–Crippen LogP) is 1.59. The molecule has 0 aliphatic rings. The molecule has 120 valence electrons. The van der Waals surface area contributed by atoms with E-state index < -0.39 is 17.3 Å². The number of methoxy groups -OCH3 is 1. The number of hydrogen-bond donors (Lipinski definition) is 4. The van der Waals surface area contributed by atoms with E-state index >= 15 is 0 Å². The average molecular weight is 308 g/mol. The van der Waals surface area contributed by atoms with Crippen LogP contribution in [-0.2, 0) is 10.9 Å². The molecule has 0 saturated carbocycles. The highest BCUT2D eigenvalue weighted by atomic mass is 19.4. The number of aliphatic hydroxyl groups is 1. The summed E-state index contributed by atoms with van der Waals surface area (Å²) in [6, 6.07) is 1.65. The Morgan fingerprint density at radius 3 is 2.48 bits per heavy atom. The van der Waals surface area contributed by atoms with Gasteiger partial charge in [0.15, 0.2) is 0 Å². The molecular formula is C12H19F3N4O2. The van der Waals surface area contributed by atoms with Gasteiger partial charge in [-0.05, 0) is 19.1 Å². The number of rotatable bonds is 7. The molecule has 0 aliphatic heterocycles. The second-order valence-corrected chi connectivity index (χ2v) is 4.86. The third kappa shape index (κ3) is 5.74. The second kappa shape index (κ2) is 6.92. The topological polar surface area (TPSA) is 92.4 Å². The number of aromatic nitrogens is 1. The fourth-order valence-corrected chi connectivity index (χ4v) is 1.55. The molecule has 0 aliphatic carbocycles. The highest BCUT2D eigenvalue weighted by molar-refractivity contribution is 5.49. The molecule has 21 heavy (non-hydrogen) atoms. The Labute approximate surface area is 120 Å². The Balaban J connectivity index is 2.83. The molecule has 5 N–H and O–H groups in total. The largest absolute Gasteiger partial charge is 0.416 e. The fourth-order valence-electron chi connectivity index (χ4n) is 1.55. The van der Waals surface area contributed by atoms with Gasteiger partial charge in [-0.25, -0.2) is 10.8 Å². The molecule has 1 unspecified atom stereocenters. The van der Waals surface area contributed by atoms with Crippen LogP contribution >= 0.6 is 0 Å². The number of nitrogen functional groups attached to an aromatic ring is 1. The minimum Gasteiger partial charge on any atom is -0.388 e. The van der Waals surface area contributed by atoms with Gasteiger partial charge in [0.1, 0.15) is 11.6 Å². The average Bonchev–Trinajstić information content (AvgIpc) is 2.42. The summed E-state index contributed by atoms with van der Waals surface area (Å²) in [7, 11) is 1.50. The van der Waals surface area contributed by atoms with Gasteiger partial charge in [-0.1, -0.05) is 0 Å². The van der Waals surface area contributed by atoms with Gasteiger partial charge < -0.3 is 20.6 Å². The molecule has 1 aromatic rings. The molecule has 0 aromatic carbocycles. The zero-order valence-corrected chi connectivity index (χ0v) is 11.8. The highest BCUT2D eigenvalue weighted by Crippen LogP contribution is 2.32. The Hall–Kier alpha value is -1.58. The molecule has 1 rings (SSSR count). The van der Waals surface area contributed by atoms with Crippen molar-refractivity contribution in [1.29, 1.82) is 0 Å². The minimum atomic E-state index is -4.51. The van der Waals surface area contributed by atoms with E-state index in [4.69, 9.17) is 10.6 Å². The summed E-state index contributed by atoms with van der Waals surface area (Å²) in [6.45, 7) is 1.91.